The van der Waals surface area contributed by atoms with Gasteiger partial charge in [-0.1, -0.05) is 30.3 Å². The Morgan fingerprint density at radius 1 is 1.05 bits per heavy atom. The van der Waals surface area contributed by atoms with Gasteiger partial charge < -0.3 is 5.32 Å². The van der Waals surface area contributed by atoms with Gasteiger partial charge in [0.1, 0.15) is 12.4 Å². The zero-order valence-electron chi connectivity index (χ0n) is 11.3. The molecular formula is C14H11N7O. The fourth-order valence-corrected chi connectivity index (χ4v) is 2.40. The van der Waals surface area contributed by atoms with Crippen LogP contribution in [0.15, 0.2) is 49.1 Å². The van der Waals surface area contributed by atoms with Crippen LogP contribution in [-0.4, -0.2) is 31.1 Å². The molecule has 108 valence electrons. The molecule has 3 heterocycles. The Hall–Kier alpha value is -3.29. The van der Waals surface area contributed by atoms with E-state index in [-0.39, 0.29) is 11.9 Å². The first-order valence-corrected chi connectivity index (χ1v) is 6.67. The number of H-pyrrole nitrogens is 1. The first-order valence-electron chi connectivity index (χ1n) is 6.67. The minimum Gasteiger partial charge on any atom is -0.352 e. The number of hydrogen-bond donors (Lipinski definition) is 2. The molecule has 22 heavy (non-hydrogen) atoms. The second-order valence-corrected chi connectivity index (χ2v) is 4.69. The van der Waals surface area contributed by atoms with Crippen molar-refractivity contribution in [2.24, 2.45) is 0 Å². The minimum atomic E-state index is -0.566. The molecule has 0 fully saturated rings. The summed E-state index contributed by atoms with van der Waals surface area (Å²) in [5.41, 5.74) is 0.837. The van der Waals surface area contributed by atoms with Gasteiger partial charge >= 0.3 is 0 Å². The number of carbonyl (C=O) groups excluding carboxylic acids is 1. The molecule has 0 radical (unpaired) electrons. The van der Waals surface area contributed by atoms with Crippen LogP contribution in [0.25, 0.3) is 0 Å². The lowest BCUT2D eigenvalue weighted by Gasteiger charge is -2.31. The van der Waals surface area contributed by atoms with Crippen molar-refractivity contribution in [2.75, 3.05) is 10.2 Å². The lowest BCUT2D eigenvalue weighted by molar-refractivity contribution is -0.119. The maximum Gasteiger partial charge on any atom is 0.262 e. The van der Waals surface area contributed by atoms with Crippen molar-refractivity contribution in [1.82, 2.24) is 25.1 Å². The summed E-state index contributed by atoms with van der Waals surface area (Å²) in [5.74, 6) is 0.938. The van der Waals surface area contributed by atoms with E-state index in [0.717, 1.165) is 5.56 Å². The maximum absolute atomic E-state index is 12.9. The highest BCUT2D eigenvalue weighted by Crippen LogP contribution is 2.36. The molecule has 1 aromatic carbocycles. The molecule has 1 aliphatic heterocycles. The predicted octanol–water partition coefficient (Wildman–Crippen LogP) is 1.43. The molecule has 0 spiro atoms. The van der Waals surface area contributed by atoms with E-state index < -0.39 is 6.04 Å². The van der Waals surface area contributed by atoms with Gasteiger partial charge in [-0.3, -0.25) is 9.89 Å². The van der Waals surface area contributed by atoms with Gasteiger partial charge in [-0.25, -0.2) is 14.9 Å². The summed E-state index contributed by atoms with van der Waals surface area (Å²) >= 11 is 0. The third-order valence-electron chi connectivity index (χ3n) is 3.37. The summed E-state index contributed by atoms with van der Waals surface area (Å²) in [6.07, 6.45) is 4.51. The first kappa shape index (κ1) is 12.5. The van der Waals surface area contributed by atoms with Crippen LogP contribution < -0.4 is 10.2 Å². The van der Waals surface area contributed by atoms with E-state index in [4.69, 9.17) is 0 Å². The number of rotatable bonds is 2. The molecule has 1 unspecified atom stereocenters. The molecule has 4 rings (SSSR count). The first-order chi connectivity index (χ1) is 10.8. The summed E-state index contributed by atoms with van der Waals surface area (Å²) in [6, 6.07) is 8.86. The van der Waals surface area contributed by atoms with Crippen LogP contribution in [0.3, 0.4) is 0 Å². The van der Waals surface area contributed by atoms with Crippen LogP contribution in [-0.2, 0) is 4.79 Å². The third-order valence-corrected chi connectivity index (χ3v) is 3.37. The van der Waals surface area contributed by atoms with Gasteiger partial charge in [-0.15, -0.1) is 5.10 Å². The monoisotopic (exact) mass is 293 g/mol. The van der Waals surface area contributed by atoms with Gasteiger partial charge in [0.25, 0.3) is 11.9 Å². The number of aromatic nitrogens is 5. The Balaban J connectivity index is 1.85. The minimum absolute atomic E-state index is 0.209. The summed E-state index contributed by atoms with van der Waals surface area (Å²) in [4.78, 5) is 26.8. The van der Waals surface area contributed by atoms with E-state index in [9.17, 15) is 4.79 Å². The average Bonchev–Trinajstić information content (AvgIpc) is 3.09. The Labute approximate surface area is 125 Å². The van der Waals surface area contributed by atoms with Crippen LogP contribution in [0.2, 0.25) is 0 Å². The van der Waals surface area contributed by atoms with Gasteiger partial charge in [0.2, 0.25) is 0 Å². The molecule has 0 bridgehead atoms. The van der Waals surface area contributed by atoms with Gasteiger partial charge in [0.15, 0.2) is 11.6 Å². The van der Waals surface area contributed by atoms with Gasteiger partial charge in [-0.2, -0.15) is 4.98 Å². The lowest BCUT2D eigenvalue weighted by atomic mass is 10.0. The average molecular weight is 293 g/mol. The van der Waals surface area contributed by atoms with E-state index in [1.807, 2.05) is 30.3 Å². The summed E-state index contributed by atoms with van der Waals surface area (Å²) in [5, 5.41) is 9.72. The molecule has 8 heteroatoms. The van der Waals surface area contributed by atoms with Crippen LogP contribution in [0, 0.1) is 0 Å². The number of hydrogen-bond acceptors (Lipinski definition) is 6. The Morgan fingerprint density at radius 3 is 2.64 bits per heavy atom. The highest BCUT2D eigenvalue weighted by molar-refractivity contribution is 6.07. The number of carbonyl (C=O) groups is 1. The molecule has 2 N–H and O–H groups in total. The summed E-state index contributed by atoms with van der Waals surface area (Å²) < 4.78 is 0. The molecule has 8 nitrogen and oxygen atoms in total. The summed E-state index contributed by atoms with van der Waals surface area (Å²) in [6.45, 7) is 0. The van der Waals surface area contributed by atoms with Crippen molar-refractivity contribution in [3.05, 3.63) is 54.6 Å². The predicted molar refractivity (Wildman–Crippen MR) is 78.4 cm³/mol. The second kappa shape index (κ2) is 4.92. The molecule has 1 aliphatic rings. The zero-order chi connectivity index (χ0) is 14.9. The number of benzene rings is 1. The van der Waals surface area contributed by atoms with E-state index in [1.54, 1.807) is 6.20 Å². The van der Waals surface area contributed by atoms with Crippen molar-refractivity contribution in [1.29, 1.82) is 0 Å². The van der Waals surface area contributed by atoms with Crippen LogP contribution in [0.4, 0.5) is 17.6 Å². The maximum atomic E-state index is 12.9. The molecular weight excluding hydrogens is 282 g/mol. The van der Waals surface area contributed by atoms with Crippen LogP contribution >= 0.6 is 0 Å². The van der Waals surface area contributed by atoms with E-state index in [1.165, 1.54) is 17.4 Å². The van der Waals surface area contributed by atoms with Gasteiger partial charge in [-0.05, 0) is 5.56 Å². The molecule has 3 aromatic rings. The Kier molecular flexibility index (Phi) is 2.78. The molecule has 0 saturated carbocycles. The molecule has 1 atom stereocenters. The highest BCUT2D eigenvalue weighted by Gasteiger charge is 2.37. The molecule has 0 saturated heterocycles. The smallest absolute Gasteiger partial charge is 0.262 e. The van der Waals surface area contributed by atoms with Crippen molar-refractivity contribution in [2.45, 2.75) is 6.04 Å². The van der Waals surface area contributed by atoms with E-state index in [2.05, 4.69) is 30.5 Å². The Morgan fingerprint density at radius 2 is 1.86 bits per heavy atom. The fraction of sp³-hybridized carbons (Fsp3) is 0.0714. The van der Waals surface area contributed by atoms with Gasteiger partial charge in [0.05, 0.1) is 0 Å². The normalized spacial score (nSPS) is 17.0. The molecule has 2 aromatic heterocycles. The number of anilines is 3. The SMILES string of the molecule is O=C1C(c2ccccc2)Nc2nccnc2N1c1nc[nH]n1. The van der Waals surface area contributed by atoms with E-state index >= 15 is 0 Å². The van der Waals surface area contributed by atoms with Crippen LogP contribution in [0.1, 0.15) is 11.6 Å². The quantitative estimate of drug-likeness (QED) is 0.741. The number of amides is 1. The largest absolute Gasteiger partial charge is 0.352 e. The lowest BCUT2D eigenvalue weighted by Crippen LogP contribution is -2.40. The second-order valence-electron chi connectivity index (χ2n) is 4.69. The summed E-state index contributed by atoms with van der Waals surface area (Å²) in [7, 11) is 0. The van der Waals surface area contributed by atoms with Crippen LogP contribution in [0.5, 0.6) is 0 Å². The van der Waals surface area contributed by atoms with Crippen molar-refractivity contribution >= 4 is 23.5 Å². The highest BCUT2D eigenvalue weighted by atomic mass is 16.2. The third kappa shape index (κ3) is 1.89. The number of aromatic amines is 1. The Bertz CT molecular complexity index is 803. The topological polar surface area (TPSA) is 99.7 Å². The van der Waals surface area contributed by atoms with Crippen molar-refractivity contribution in [3.8, 4) is 0 Å². The molecule has 1 amide bonds. The van der Waals surface area contributed by atoms with Crippen molar-refractivity contribution < 1.29 is 4.79 Å². The fourth-order valence-electron chi connectivity index (χ4n) is 2.40. The number of nitrogens with one attached hydrogen (secondary N) is 2. The zero-order valence-corrected chi connectivity index (χ0v) is 11.3. The van der Waals surface area contributed by atoms with Gasteiger partial charge in [0, 0.05) is 12.4 Å². The molecule has 0 aliphatic carbocycles. The number of nitrogens with zero attached hydrogens (tertiary/aromatic N) is 5. The van der Waals surface area contributed by atoms with E-state index in [0.29, 0.717) is 11.6 Å². The standard InChI is InChI=1S/C14H11N7O/c22-13-10(9-4-2-1-3-5-9)19-11-12(16-7-6-15-11)21(13)14-17-8-18-20-14/h1-8,10H,(H,15,19)(H,17,18,20). The van der Waals surface area contributed by atoms with Crippen molar-refractivity contribution in [3.63, 3.8) is 0 Å². The number of fused-ring (bicyclic) bond motifs is 1.